The smallest absolute Gasteiger partial charge is 0.292 e. The zero-order chi connectivity index (χ0) is 18.3. The molecule has 1 amide bonds. The SMILES string of the molecule is COc1ccc(C)c2sc(N3CCN(C(=O)c4cc(C)no4)CC3)nc12. The van der Waals surface area contributed by atoms with Gasteiger partial charge < -0.3 is 19.1 Å². The van der Waals surface area contributed by atoms with Crippen molar-refractivity contribution < 1.29 is 14.1 Å². The number of piperazine rings is 1. The molecular weight excluding hydrogens is 352 g/mol. The Morgan fingerprint density at radius 1 is 1.23 bits per heavy atom. The van der Waals surface area contributed by atoms with Gasteiger partial charge in [-0.3, -0.25) is 4.79 Å². The van der Waals surface area contributed by atoms with Crippen molar-refractivity contribution in [3.05, 3.63) is 35.2 Å². The molecule has 1 aromatic carbocycles. The lowest BCUT2D eigenvalue weighted by atomic mass is 10.2. The van der Waals surface area contributed by atoms with E-state index < -0.39 is 0 Å². The Kier molecular flexibility index (Phi) is 4.28. The van der Waals surface area contributed by atoms with Gasteiger partial charge in [-0.1, -0.05) is 22.6 Å². The molecule has 0 unspecified atom stereocenters. The number of benzene rings is 1. The van der Waals surface area contributed by atoms with Gasteiger partial charge >= 0.3 is 0 Å². The van der Waals surface area contributed by atoms with Gasteiger partial charge in [-0.15, -0.1) is 0 Å². The van der Waals surface area contributed by atoms with Crippen LogP contribution in [0.15, 0.2) is 22.7 Å². The molecule has 136 valence electrons. The van der Waals surface area contributed by atoms with Gasteiger partial charge in [0.2, 0.25) is 5.76 Å². The zero-order valence-corrected chi connectivity index (χ0v) is 15.8. The molecule has 0 saturated carbocycles. The fraction of sp³-hybridized carbons (Fsp3) is 0.389. The van der Waals surface area contributed by atoms with Crippen LogP contribution >= 0.6 is 11.3 Å². The predicted molar refractivity (Wildman–Crippen MR) is 100 cm³/mol. The second-order valence-electron chi connectivity index (χ2n) is 6.37. The second kappa shape index (κ2) is 6.60. The van der Waals surface area contributed by atoms with Crippen LogP contribution in [0.25, 0.3) is 10.2 Å². The molecule has 3 heterocycles. The first-order valence-corrected chi connectivity index (χ1v) is 9.30. The number of carbonyl (C=O) groups is 1. The lowest BCUT2D eigenvalue weighted by Gasteiger charge is -2.33. The number of hydrogen-bond acceptors (Lipinski definition) is 7. The highest BCUT2D eigenvalue weighted by molar-refractivity contribution is 7.22. The number of carbonyl (C=O) groups excluding carboxylic acids is 1. The van der Waals surface area contributed by atoms with E-state index in [1.807, 2.05) is 13.0 Å². The third-order valence-electron chi connectivity index (χ3n) is 4.59. The molecule has 0 spiro atoms. The third kappa shape index (κ3) is 2.90. The molecule has 2 aromatic heterocycles. The minimum atomic E-state index is -0.105. The Morgan fingerprint density at radius 2 is 2.00 bits per heavy atom. The van der Waals surface area contributed by atoms with Gasteiger partial charge in [0.05, 0.1) is 17.5 Å². The molecule has 1 saturated heterocycles. The van der Waals surface area contributed by atoms with Crippen LogP contribution in [0.1, 0.15) is 21.8 Å². The van der Waals surface area contributed by atoms with Crippen LogP contribution < -0.4 is 9.64 Å². The number of aromatic nitrogens is 2. The number of thiazole rings is 1. The topological polar surface area (TPSA) is 71.7 Å². The standard InChI is InChI=1S/C18H20N4O3S/c1-11-4-5-13(24-3)15-16(11)26-18(19-15)22-8-6-21(7-9-22)17(23)14-10-12(2)20-25-14/h4-5,10H,6-9H2,1-3H3. The Bertz CT molecular complexity index is 957. The van der Waals surface area contributed by atoms with Gasteiger partial charge in [-0.2, -0.15) is 0 Å². The number of fused-ring (bicyclic) bond motifs is 1. The molecule has 1 aliphatic heterocycles. The molecule has 0 aliphatic carbocycles. The van der Waals surface area contributed by atoms with Gasteiger partial charge in [-0.05, 0) is 25.5 Å². The maximum absolute atomic E-state index is 12.5. The first-order valence-electron chi connectivity index (χ1n) is 8.48. The molecule has 3 aromatic rings. The lowest BCUT2D eigenvalue weighted by molar-refractivity contribution is 0.0704. The Hall–Kier alpha value is -2.61. The lowest BCUT2D eigenvalue weighted by Crippen LogP contribution is -2.48. The summed E-state index contributed by atoms with van der Waals surface area (Å²) in [5.41, 5.74) is 2.81. The highest BCUT2D eigenvalue weighted by Gasteiger charge is 2.26. The number of nitrogens with zero attached hydrogens (tertiary/aromatic N) is 4. The predicted octanol–water partition coefficient (Wildman–Crippen LogP) is 2.87. The number of amides is 1. The second-order valence-corrected chi connectivity index (χ2v) is 7.35. The van der Waals surface area contributed by atoms with Gasteiger partial charge in [0.25, 0.3) is 5.91 Å². The van der Waals surface area contributed by atoms with Crippen molar-refractivity contribution in [2.45, 2.75) is 13.8 Å². The summed E-state index contributed by atoms with van der Waals surface area (Å²) in [6.45, 7) is 6.62. The largest absolute Gasteiger partial charge is 0.494 e. The van der Waals surface area contributed by atoms with Crippen LogP contribution in [0, 0.1) is 13.8 Å². The highest BCUT2D eigenvalue weighted by Crippen LogP contribution is 2.36. The van der Waals surface area contributed by atoms with Crippen molar-refractivity contribution in [1.82, 2.24) is 15.0 Å². The number of hydrogen-bond donors (Lipinski definition) is 0. The summed E-state index contributed by atoms with van der Waals surface area (Å²) in [6.07, 6.45) is 0. The summed E-state index contributed by atoms with van der Waals surface area (Å²) in [7, 11) is 1.67. The molecular formula is C18H20N4O3S. The molecule has 0 N–H and O–H groups in total. The molecule has 0 atom stereocenters. The number of ether oxygens (including phenoxy) is 1. The van der Waals surface area contributed by atoms with Gasteiger partial charge in [0.15, 0.2) is 5.13 Å². The maximum atomic E-state index is 12.5. The van der Waals surface area contributed by atoms with E-state index in [2.05, 4.69) is 23.0 Å². The summed E-state index contributed by atoms with van der Waals surface area (Å²) >= 11 is 1.67. The third-order valence-corrected chi connectivity index (χ3v) is 5.84. The van der Waals surface area contributed by atoms with Gasteiger partial charge in [0.1, 0.15) is 11.3 Å². The molecule has 1 aliphatic rings. The number of anilines is 1. The van der Waals surface area contributed by atoms with Crippen molar-refractivity contribution >= 4 is 32.6 Å². The minimum Gasteiger partial charge on any atom is -0.494 e. The quantitative estimate of drug-likeness (QED) is 0.704. The van der Waals surface area contributed by atoms with E-state index in [9.17, 15) is 4.79 Å². The molecule has 7 nitrogen and oxygen atoms in total. The maximum Gasteiger partial charge on any atom is 0.292 e. The fourth-order valence-electron chi connectivity index (χ4n) is 3.12. The van der Waals surface area contributed by atoms with E-state index >= 15 is 0 Å². The first-order chi connectivity index (χ1) is 12.6. The van der Waals surface area contributed by atoms with E-state index in [0.29, 0.717) is 24.5 Å². The molecule has 4 rings (SSSR count). The summed E-state index contributed by atoms with van der Waals surface area (Å²) in [4.78, 5) is 21.3. The van der Waals surface area contributed by atoms with E-state index in [-0.39, 0.29) is 5.91 Å². The van der Waals surface area contributed by atoms with E-state index in [4.69, 9.17) is 14.2 Å². The normalized spacial score (nSPS) is 14.9. The number of rotatable bonds is 3. The molecule has 8 heteroatoms. The van der Waals surface area contributed by atoms with Crippen molar-refractivity contribution in [2.24, 2.45) is 0 Å². The van der Waals surface area contributed by atoms with Gasteiger partial charge in [0, 0.05) is 32.2 Å². The fourth-order valence-corrected chi connectivity index (χ4v) is 4.22. The van der Waals surface area contributed by atoms with Crippen molar-refractivity contribution in [1.29, 1.82) is 0 Å². The Balaban J connectivity index is 1.50. The Labute approximate surface area is 155 Å². The van der Waals surface area contributed by atoms with E-state index in [0.717, 1.165) is 34.2 Å². The summed E-state index contributed by atoms with van der Waals surface area (Å²) in [6, 6.07) is 5.69. The molecule has 1 fully saturated rings. The number of methoxy groups -OCH3 is 1. The Morgan fingerprint density at radius 3 is 2.65 bits per heavy atom. The minimum absolute atomic E-state index is 0.105. The van der Waals surface area contributed by atoms with Crippen LogP contribution in [-0.2, 0) is 0 Å². The van der Waals surface area contributed by atoms with Crippen LogP contribution in [0.2, 0.25) is 0 Å². The summed E-state index contributed by atoms with van der Waals surface area (Å²) in [5, 5.41) is 4.76. The molecule has 26 heavy (non-hydrogen) atoms. The molecule has 0 radical (unpaired) electrons. The molecule has 0 bridgehead atoms. The average molecular weight is 372 g/mol. The van der Waals surface area contributed by atoms with Crippen LogP contribution in [-0.4, -0.2) is 54.2 Å². The van der Waals surface area contributed by atoms with Crippen molar-refractivity contribution in [2.75, 3.05) is 38.2 Å². The van der Waals surface area contributed by atoms with Crippen LogP contribution in [0.5, 0.6) is 5.75 Å². The van der Waals surface area contributed by atoms with Crippen LogP contribution in [0.4, 0.5) is 5.13 Å². The average Bonchev–Trinajstić information content (AvgIpc) is 3.29. The summed E-state index contributed by atoms with van der Waals surface area (Å²) in [5.74, 6) is 0.992. The van der Waals surface area contributed by atoms with Crippen LogP contribution in [0.3, 0.4) is 0 Å². The zero-order valence-electron chi connectivity index (χ0n) is 15.0. The number of aryl methyl sites for hydroxylation is 2. The van der Waals surface area contributed by atoms with E-state index in [1.54, 1.807) is 29.4 Å². The van der Waals surface area contributed by atoms with Gasteiger partial charge in [-0.25, -0.2) is 4.98 Å². The highest BCUT2D eigenvalue weighted by atomic mass is 32.1. The first kappa shape index (κ1) is 16.8. The monoisotopic (exact) mass is 372 g/mol. The van der Waals surface area contributed by atoms with Crippen molar-refractivity contribution in [3.8, 4) is 5.75 Å². The summed E-state index contributed by atoms with van der Waals surface area (Å²) < 4.78 is 11.7. The van der Waals surface area contributed by atoms with E-state index in [1.165, 1.54) is 5.56 Å². The van der Waals surface area contributed by atoms with Crippen molar-refractivity contribution in [3.63, 3.8) is 0 Å².